The average Bonchev–Trinajstić information content (AvgIpc) is 3.23. The van der Waals surface area contributed by atoms with E-state index < -0.39 is 27.4 Å². The van der Waals surface area contributed by atoms with Crippen molar-refractivity contribution in [1.82, 2.24) is 19.7 Å². The molecule has 2 aromatic carbocycles. The third kappa shape index (κ3) is 5.29. The largest absolute Gasteiger partial charge is 0.324 e. The Morgan fingerprint density at radius 3 is 2.61 bits per heavy atom. The summed E-state index contributed by atoms with van der Waals surface area (Å²) < 4.78 is 28.6. The topological polar surface area (TPSA) is 149 Å². The number of non-ortho nitro benzene ring substituents is 1. The minimum absolute atomic E-state index is 0.117. The molecule has 0 saturated heterocycles. The molecule has 0 aliphatic rings. The fourth-order valence-electron chi connectivity index (χ4n) is 2.67. The lowest BCUT2D eigenvalue weighted by Crippen LogP contribution is -2.33. The molecule has 0 atom stereocenters. The Hall–Kier alpha value is -3.64. The van der Waals surface area contributed by atoms with E-state index in [1.165, 1.54) is 18.2 Å². The van der Waals surface area contributed by atoms with Crippen LogP contribution in [0.25, 0.3) is 11.3 Å². The first-order chi connectivity index (χ1) is 14.7. The summed E-state index contributed by atoms with van der Waals surface area (Å²) in [6, 6.07) is 11.6. The number of carbonyl (C=O) groups is 1. The van der Waals surface area contributed by atoms with Crippen LogP contribution < -0.4 is 10.0 Å². The summed E-state index contributed by atoms with van der Waals surface area (Å²) >= 11 is 0. The van der Waals surface area contributed by atoms with Crippen LogP contribution in [0.2, 0.25) is 0 Å². The number of anilines is 1. The van der Waals surface area contributed by atoms with Crippen molar-refractivity contribution < 1.29 is 18.1 Å². The number of sulfonamides is 1. The summed E-state index contributed by atoms with van der Waals surface area (Å²) in [6.45, 7) is 3.36. The van der Waals surface area contributed by atoms with E-state index in [0.29, 0.717) is 16.9 Å². The number of aromatic nitrogens is 3. The van der Waals surface area contributed by atoms with E-state index >= 15 is 0 Å². The minimum atomic E-state index is -4.11. The molecule has 0 bridgehead atoms. The van der Waals surface area contributed by atoms with Gasteiger partial charge in [-0.05, 0) is 26.0 Å². The molecule has 0 unspecified atom stereocenters. The molecular formula is C19H20N6O5S. The highest BCUT2D eigenvalue weighted by molar-refractivity contribution is 7.89. The summed E-state index contributed by atoms with van der Waals surface area (Å²) in [6.07, 6.45) is 1.75. The van der Waals surface area contributed by atoms with Crippen LogP contribution >= 0.6 is 0 Å². The van der Waals surface area contributed by atoms with Gasteiger partial charge in [0, 0.05) is 23.7 Å². The monoisotopic (exact) mass is 444 g/mol. The van der Waals surface area contributed by atoms with Crippen LogP contribution in [0.1, 0.15) is 19.9 Å². The van der Waals surface area contributed by atoms with E-state index in [1.807, 2.05) is 13.8 Å². The van der Waals surface area contributed by atoms with Crippen molar-refractivity contribution in [2.24, 2.45) is 0 Å². The van der Waals surface area contributed by atoms with Crippen LogP contribution in [0.4, 0.5) is 11.4 Å². The number of amides is 1. The molecule has 3 rings (SSSR count). The summed E-state index contributed by atoms with van der Waals surface area (Å²) in [5.74, 6) is -0.613. The standard InChI is InChI=1S/C19H20N6O5S/c1-13(2)24-12-18(22-23-24)16-8-3-4-9-17(16)21-19(26)11-20-31(29,30)15-7-5-6-14(10-15)25(27)28/h3-10,12-13,20H,11H2,1-2H3,(H,21,26). The second-order valence-electron chi connectivity index (χ2n) is 6.85. The van der Waals surface area contributed by atoms with Crippen molar-refractivity contribution in [3.05, 3.63) is 64.8 Å². The number of para-hydroxylation sites is 1. The zero-order valence-corrected chi connectivity index (χ0v) is 17.5. The normalized spacial score (nSPS) is 11.5. The first-order valence-electron chi connectivity index (χ1n) is 9.22. The molecule has 11 nitrogen and oxygen atoms in total. The predicted molar refractivity (Wildman–Crippen MR) is 113 cm³/mol. The molecule has 3 aromatic rings. The number of carbonyl (C=O) groups excluding carboxylic acids is 1. The third-order valence-corrected chi connectivity index (χ3v) is 5.68. The summed E-state index contributed by atoms with van der Waals surface area (Å²) in [5.41, 5.74) is 1.26. The molecule has 162 valence electrons. The number of nitrogens with zero attached hydrogens (tertiary/aromatic N) is 4. The first kappa shape index (κ1) is 22.1. The van der Waals surface area contributed by atoms with Gasteiger partial charge in [0.15, 0.2) is 0 Å². The number of nitro groups is 1. The second-order valence-corrected chi connectivity index (χ2v) is 8.62. The molecule has 0 aliphatic heterocycles. The lowest BCUT2D eigenvalue weighted by atomic mass is 10.1. The van der Waals surface area contributed by atoms with Crippen LogP contribution in [0, 0.1) is 10.1 Å². The van der Waals surface area contributed by atoms with Crippen molar-refractivity contribution in [3.63, 3.8) is 0 Å². The van der Waals surface area contributed by atoms with Crippen LogP contribution in [0.5, 0.6) is 0 Å². The van der Waals surface area contributed by atoms with E-state index in [2.05, 4.69) is 20.4 Å². The number of benzene rings is 2. The van der Waals surface area contributed by atoms with Gasteiger partial charge in [-0.15, -0.1) is 5.10 Å². The highest BCUT2D eigenvalue weighted by atomic mass is 32.2. The van der Waals surface area contributed by atoms with Crippen LogP contribution in [-0.4, -0.2) is 40.8 Å². The Balaban J connectivity index is 1.71. The Morgan fingerprint density at radius 1 is 1.19 bits per heavy atom. The minimum Gasteiger partial charge on any atom is -0.324 e. The molecule has 12 heteroatoms. The van der Waals surface area contributed by atoms with Crippen LogP contribution in [0.3, 0.4) is 0 Å². The van der Waals surface area contributed by atoms with Gasteiger partial charge in [0.2, 0.25) is 15.9 Å². The Bertz CT molecular complexity index is 1220. The molecule has 0 saturated carbocycles. The van der Waals surface area contributed by atoms with Gasteiger partial charge in [-0.2, -0.15) is 0 Å². The van der Waals surface area contributed by atoms with E-state index in [-0.39, 0.29) is 16.6 Å². The van der Waals surface area contributed by atoms with E-state index in [4.69, 9.17) is 0 Å². The summed E-state index contributed by atoms with van der Waals surface area (Å²) in [7, 11) is -4.11. The molecule has 0 radical (unpaired) electrons. The Kier molecular flexibility index (Phi) is 6.42. The Morgan fingerprint density at radius 2 is 1.94 bits per heavy atom. The van der Waals surface area contributed by atoms with Crippen LogP contribution in [0.15, 0.2) is 59.6 Å². The third-order valence-electron chi connectivity index (χ3n) is 4.28. The maximum atomic E-state index is 12.4. The van der Waals surface area contributed by atoms with Gasteiger partial charge < -0.3 is 5.32 Å². The number of rotatable bonds is 8. The van der Waals surface area contributed by atoms with Gasteiger partial charge >= 0.3 is 0 Å². The quantitative estimate of drug-likeness (QED) is 0.400. The summed E-state index contributed by atoms with van der Waals surface area (Å²) in [4.78, 5) is 22.2. The van der Waals surface area contributed by atoms with Gasteiger partial charge in [0.05, 0.1) is 28.2 Å². The molecule has 0 fully saturated rings. The predicted octanol–water partition coefficient (Wildman–Crippen LogP) is 2.35. The SMILES string of the molecule is CC(C)n1cc(-c2ccccc2NC(=O)CNS(=O)(=O)c2cccc([N+](=O)[O-])c2)nn1. The van der Waals surface area contributed by atoms with Gasteiger partial charge in [-0.25, -0.2) is 17.8 Å². The molecule has 1 aromatic heterocycles. The van der Waals surface area contributed by atoms with Crippen molar-refractivity contribution in [1.29, 1.82) is 0 Å². The maximum absolute atomic E-state index is 12.4. The van der Waals surface area contributed by atoms with E-state index in [0.717, 1.165) is 6.07 Å². The highest BCUT2D eigenvalue weighted by Gasteiger charge is 2.19. The van der Waals surface area contributed by atoms with Gasteiger partial charge in [-0.1, -0.05) is 29.5 Å². The smallest absolute Gasteiger partial charge is 0.270 e. The highest BCUT2D eigenvalue weighted by Crippen LogP contribution is 2.26. The van der Waals surface area contributed by atoms with Crippen molar-refractivity contribution in [2.75, 3.05) is 11.9 Å². The number of hydrogen-bond donors (Lipinski definition) is 2. The lowest BCUT2D eigenvalue weighted by molar-refractivity contribution is -0.385. The number of nitro benzene ring substituents is 1. The molecule has 0 aliphatic carbocycles. The number of hydrogen-bond acceptors (Lipinski definition) is 7. The average molecular weight is 444 g/mol. The fraction of sp³-hybridized carbons (Fsp3) is 0.211. The molecule has 2 N–H and O–H groups in total. The molecule has 1 heterocycles. The van der Waals surface area contributed by atoms with Crippen molar-refractivity contribution in [3.8, 4) is 11.3 Å². The van der Waals surface area contributed by atoms with Crippen molar-refractivity contribution >= 4 is 27.3 Å². The van der Waals surface area contributed by atoms with Crippen molar-refractivity contribution in [2.45, 2.75) is 24.8 Å². The Labute approximate surface area is 178 Å². The zero-order valence-electron chi connectivity index (χ0n) is 16.7. The van der Waals surface area contributed by atoms with Gasteiger partial charge in [0.25, 0.3) is 5.69 Å². The van der Waals surface area contributed by atoms with Crippen LogP contribution in [-0.2, 0) is 14.8 Å². The summed E-state index contributed by atoms with van der Waals surface area (Å²) in [5, 5.41) is 21.7. The lowest BCUT2D eigenvalue weighted by Gasteiger charge is -2.10. The second kappa shape index (κ2) is 9.02. The number of nitrogens with one attached hydrogen (secondary N) is 2. The zero-order chi connectivity index (χ0) is 22.6. The molecule has 1 amide bonds. The molecular weight excluding hydrogens is 424 g/mol. The van der Waals surface area contributed by atoms with Gasteiger partial charge in [0.1, 0.15) is 5.69 Å². The van der Waals surface area contributed by atoms with Gasteiger partial charge in [-0.3, -0.25) is 14.9 Å². The molecule has 31 heavy (non-hydrogen) atoms. The fourth-order valence-corrected chi connectivity index (χ4v) is 3.69. The van der Waals surface area contributed by atoms with E-state index in [9.17, 15) is 23.3 Å². The molecule has 0 spiro atoms. The van der Waals surface area contributed by atoms with E-state index in [1.54, 1.807) is 35.1 Å². The first-order valence-corrected chi connectivity index (χ1v) is 10.7. The maximum Gasteiger partial charge on any atom is 0.270 e.